The lowest BCUT2D eigenvalue weighted by atomic mass is 9.49. The fourth-order valence-corrected chi connectivity index (χ4v) is 5.23. The lowest BCUT2D eigenvalue weighted by Gasteiger charge is -2.55. The second-order valence-corrected chi connectivity index (χ2v) is 7.22. The molecule has 4 saturated carbocycles. The molecule has 1 unspecified atom stereocenters. The van der Waals surface area contributed by atoms with Crippen LogP contribution in [-0.2, 0) is 10.2 Å². The fraction of sp³-hybridized carbons (Fsp3) is 0.867. The second-order valence-electron chi connectivity index (χ2n) is 7.22. The molecule has 110 valence electrons. The third-order valence-corrected chi connectivity index (χ3v) is 5.61. The average molecular weight is 277 g/mol. The van der Waals surface area contributed by atoms with Gasteiger partial charge in [0.05, 0.1) is 18.1 Å². The molecule has 4 bridgehead atoms. The van der Waals surface area contributed by atoms with Crippen molar-refractivity contribution in [3.8, 4) is 0 Å². The molecule has 1 atom stereocenters. The van der Waals surface area contributed by atoms with Crippen LogP contribution in [0, 0.1) is 17.8 Å². The number of aromatic nitrogens is 2. The molecule has 5 rings (SSSR count). The van der Waals surface area contributed by atoms with Crippen LogP contribution in [0.2, 0.25) is 0 Å². The van der Waals surface area contributed by atoms with E-state index in [0.29, 0.717) is 12.4 Å². The summed E-state index contributed by atoms with van der Waals surface area (Å²) in [5.74, 6) is 4.08. The minimum atomic E-state index is -0.286. The van der Waals surface area contributed by atoms with Gasteiger partial charge in [0, 0.05) is 7.11 Å². The van der Waals surface area contributed by atoms with Gasteiger partial charge in [-0.25, -0.2) is 0 Å². The predicted octanol–water partition coefficient (Wildman–Crippen LogP) is 2.18. The number of methoxy groups -OCH3 is 1. The predicted molar refractivity (Wildman–Crippen MR) is 73.0 cm³/mol. The monoisotopic (exact) mass is 277 g/mol. The Morgan fingerprint density at radius 1 is 1.25 bits per heavy atom. The Labute approximate surface area is 119 Å². The van der Waals surface area contributed by atoms with Gasteiger partial charge in [-0.1, -0.05) is 5.16 Å². The molecule has 0 saturated heterocycles. The standard InChI is InChI=1S/C15H23N3O2/c1-19-8-12(16)13-17-14(20-18-13)15-5-9-2-10(6-15)4-11(3-9)7-15/h9-12H,2-8,16H2,1H3. The van der Waals surface area contributed by atoms with Crippen molar-refractivity contribution in [1.82, 2.24) is 10.1 Å². The van der Waals surface area contributed by atoms with Crippen LogP contribution >= 0.6 is 0 Å². The van der Waals surface area contributed by atoms with Crippen LogP contribution in [0.15, 0.2) is 4.52 Å². The van der Waals surface area contributed by atoms with Gasteiger partial charge in [0.1, 0.15) is 0 Å². The summed E-state index contributed by atoms with van der Waals surface area (Å²) < 4.78 is 10.7. The molecule has 5 nitrogen and oxygen atoms in total. The Bertz CT molecular complexity index is 464. The van der Waals surface area contributed by atoms with Crippen LogP contribution in [0.4, 0.5) is 0 Å². The number of hydrogen-bond acceptors (Lipinski definition) is 5. The van der Waals surface area contributed by atoms with E-state index < -0.39 is 0 Å². The molecule has 20 heavy (non-hydrogen) atoms. The first-order chi connectivity index (χ1) is 9.68. The summed E-state index contributed by atoms with van der Waals surface area (Å²) in [6, 6.07) is -0.286. The minimum Gasteiger partial charge on any atom is -0.383 e. The van der Waals surface area contributed by atoms with Gasteiger partial charge < -0.3 is 15.0 Å². The largest absolute Gasteiger partial charge is 0.383 e. The van der Waals surface area contributed by atoms with E-state index >= 15 is 0 Å². The molecule has 0 spiro atoms. The fourth-order valence-electron chi connectivity index (χ4n) is 5.23. The third-order valence-electron chi connectivity index (χ3n) is 5.61. The Kier molecular flexibility index (Phi) is 2.89. The van der Waals surface area contributed by atoms with E-state index in [2.05, 4.69) is 10.1 Å². The number of ether oxygens (including phenoxy) is 1. The summed E-state index contributed by atoms with van der Waals surface area (Å²) in [6.45, 7) is 0.430. The first kappa shape index (κ1) is 12.8. The van der Waals surface area contributed by atoms with Crippen molar-refractivity contribution in [2.75, 3.05) is 13.7 Å². The highest BCUT2D eigenvalue weighted by molar-refractivity contribution is 5.15. The van der Waals surface area contributed by atoms with Gasteiger partial charge in [-0.3, -0.25) is 0 Å². The maximum absolute atomic E-state index is 6.00. The van der Waals surface area contributed by atoms with E-state index in [1.54, 1.807) is 7.11 Å². The molecule has 0 radical (unpaired) electrons. The molecule has 0 aromatic carbocycles. The molecular formula is C15H23N3O2. The van der Waals surface area contributed by atoms with Crippen molar-refractivity contribution in [1.29, 1.82) is 0 Å². The summed E-state index contributed by atoms with van der Waals surface area (Å²) in [7, 11) is 1.64. The van der Waals surface area contributed by atoms with E-state index in [-0.39, 0.29) is 11.5 Å². The molecule has 0 amide bonds. The minimum absolute atomic E-state index is 0.160. The zero-order chi connectivity index (χ0) is 13.7. The quantitative estimate of drug-likeness (QED) is 0.913. The van der Waals surface area contributed by atoms with Gasteiger partial charge in [-0.15, -0.1) is 0 Å². The number of hydrogen-bond donors (Lipinski definition) is 1. The van der Waals surface area contributed by atoms with Crippen molar-refractivity contribution in [3.63, 3.8) is 0 Å². The molecule has 1 aromatic rings. The molecule has 4 aliphatic carbocycles. The molecule has 4 aliphatic rings. The second kappa shape index (κ2) is 4.53. The van der Waals surface area contributed by atoms with Gasteiger partial charge in [-0.05, 0) is 56.3 Å². The van der Waals surface area contributed by atoms with E-state index in [1.165, 1.54) is 38.5 Å². The number of nitrogens with two attached hydrogens (primary N) is 1. The van der Waals surface area contributed by atoms with Gasteiger partial charge in [0.25, 0.3) is 0 Å². The third kappa shape index (κ3) is 1.91. The SMILES string of the molecule is COCC(N)c1noc(C23CC4CC(CC(C4)C2)C3)n1. The summed E-state index contributed by atoms with van der Waals surface area (Å²) in [6.07, 6.45) is 7.97. The lowest BCUT2D eigenvalue weighted by Crippen LogP contribution is -2.48. The van der Waals surface area contributed by atoms with Crippen molar-refractivity contribution < 1.29 is 9.26 Å². The van der Waals surface area contributed by atoms with Crippen LogP contribution in [0.5, 0.6) is 0 Å². The van der Waals surface area contributed by atoms with Crippen LogP contribution in [0.3, 0.4) is 0 Å². The summed E-state index contributed by atoms with van der Waals surface area (Å²) in [5, 5.41) is 4.10. The van der Waals surface area contributed by atoms with E-state index in [4.69, 9.17) is 15.0 Å². The topological polar surface area (TPSA) is 74.2 Å². The molecule has 2 N–H and O–H groups in total. The van der Waals surface area contributed by atoms with Gasteiger partial charge in [0.15, 0.2) is 5.82 Å². The highest BCUT2D eigenvalue weighted by atomic mass is 16.5. The Morgan fingerprint density at radius 2 is 1.85 bits per heavy atom. The zero-order valence-corrected chi connectivity index (χ0v) is 12.0. The number of rotatable bonds is 4. The van der Waals surface area contributed by atoms with E-state index in [1.807, 2.05) is 0 Å². The van der Waals surface area contributed by atoms with Crippen molar-refractivity contribution in [2.24, 2.45) is 23.5 Å². The Morgan fingerprint density at radius 3 is 2.40 bits per heavy atom. The normalized spacial score (nSPS) is 40.2. The van der Waals surface area contributed by atoms with Gasteiger partial charge in [0.2, 0.25) is 5.89 Å². The Hall–Kier alpha value is -0.940. The maximum atomic E-state index is 6.00. The maximum Gasteiger partial charge on any atom is 0.232 e. The lowest BCUT2D eigenvalue weighted by molar-refractivity contribution is -0.0201. The van der Waals surface area contributed by atoms with Crippen LogP contribution in [0.1, 0.15) is 56.3 Å². The van der Waals surface area contributed by atoms with Crippen molar-refractivity contribution in [3.05, 3.63) is 11.7 Å². The van der Waals surface area contributed by atoms with Gasteiger partial charge in [-0.2, -0.15) is 4.98 Å². The molecular weight excluding hydrogens is 254 g/mol. The first-order valence-corrected chi connectivity index (χ1v) is 7.77. The van der Waals surface area contributed by atoms with Crippen LogP contribution in [0.25, 0.3) is 0 Å². The van der Waals surface area contributed by atoms with Gasteiger partial charge >= 0.3 is 0 Å². The van der Waals surface area contributed by atoms with E-state index in [9.17, 15) is 0 Å². The first-order valence-electron chi connectivity index (χ1n) is 7.77. The highest BCUT2D eigenvalue weighted by Crippen LogP contribution is 2.60. The molecule has 4 fully saturated rings. The summed E-state index contributed by atoms with van der Waals surface area (Å²) in [5.41, 5.74) is 6.16. The summed E-state index contributed by atoms with van der Waals surface area (Å²) >= 11 is 0. The van der Waals surface area contributed by atoms with E-state index in [0.717, 1.165) is 23.6 Å². The smallest absolute Gasteiger partial charge is 0.232 e. The van der Waals surface area contributed by atoms with Crippen molar-refractivity contribution >= 4 is 0 Å². The zero-order valence-electron chi connectivity index (χ0n) is 12.0. The Balaban J connectivity index is 1.61. The van der Waals surface area contributed by atoms with Crippen molar-refractivity contribution in [2.45, 2.75) is 50.0 Å². The summed E-state index contributed by atoms with van der Waals surface area (Å²) in [4.78, 5) is 4.64. The van der Waals surface area contributed by atoms with Crippen LogP contribution < -0.4 is 5.73 Å². The van der Waals surface area contributed by atoms with Crippen LogP contribution in [-0.4, -0.2) is 23.9 Å². The average Bonchev–Trinajstić information content (AvgIpc) is 2.87. The highest BCUT2D eigenvalue weighted by Gasteiger charge is 2.54. The molecule has 1 heterocycles. The molecule has 5 heteroatoms. The molecule has 1 aromatic heterocycles. The number of nitrogens with zero attached hydrogens (tertiary/aromatic N) is 2. The molecule has 0 aliphatic heterocycles.